The molecule has 0 unspecified atom stereocenters. The average molecular weight is 272 g/mol. The van der Waals surface area contributed by atoms with Crippen molar-refractivity contribution in [3.63, 3.8) is 0 Å². The Bertz CT molecular complexity index is 620. The minimum atomic E-state index is 0.0901. The third-order valence-corrected chi connectivity index (χ3v) is 4.02. The van der Waals surface area contributed by atoms with Crippen LogP contribution in [0.5, 0.6) is 0 Å². The van der Waals surface area contributed by atoms with Crippen LogP contribution in [0.4, 0.5) is 0 Å². The van der Waals surface area contributed by atoms with Crippen molar-refractivity contribution in [3.05, 3.63) is 35.4 Å². The van der Waals surface area contributed by atoms with Crippen LogP contribution in [-0.2, 0) is 13.5 Å². The molecule has 0 atom stereocenters. The van der Waals surface area contributed by atoms with E-state index in [-0.39, 0.29) is 5.78 Å². The van der Waals surface area contributed by atoms with E-state index >= 15 is 0 Å². The Morgan fingerprint density at radius 3 is 2.75 bits per heavy atom. The predicted octanol–water partition coefficient (Wildman–Crippen LogP) is 2.47. The molecule has 0 saturated heterocycles. The van der Waals surface area contributed by atoms with E-state index in [9.17, 15) is 4.79 Å². The van der Waals surface area contributed by atoms with Crippen molar-refractivity contribution in [2.24, 2.45) is 7.05 Å². The van der Waals surface area contributed by atoms with Crippen LogP contribution in [0.1, 0.15) is 53.5 Å². The van der Waals surface area contributed by atoms with Gasteiger partial charge in [0, 0.05) is 19.4 Å². The second-order valence-corrected chi connectivity index (χ2v) is 5.63. The van der Waals surface area contributed by atoms with Crippen LogP contribution in [-0.4, -0.2) is 25.3 Å². The number of aryl methyl sites for hydroxylation is 2. The number of hydrogen-bond donors (Lipinski definition) is 0. The number of Topliss-reactive ketones (excluding diaryl/α,β-unsaturated/α-hetero) is 1. The SMILES string of the molecule is Cc1nn(C)cc1C(=O)Cc1ccn(C2CCCC2)n1. The van der Waals surface area contributed by atoms with Crippen molar-refractivity contribution >= 4 is 5.78 Å². The number of hydrogen-bond acceptors (Lipinski definition) is 3. The summed E-state index contributed by atoms with van der Waals surface area (Å²) in [7, 11) is 1.83. The minimum absolute atomic E-state index is 0.0901. The molecule has 0 N–H and O–H groups in total. The van der Waals surface area contributed by atoms with Gasteiger partial charge in [0.15, 0.2) is 5.78 Å². The van der Waals surface area contributed by atoms with Crippen LogP contribution >= 0.6 is 0 Å². The lowest BCUT2D eigenvalue weighted by atomic mass is 10.1. The van der Waals surface area contributed by atoms with Crippen molar-refractivity contribution in [3.8, 4) is 0 Å². The number of carbonyl (C=O) groups excluding carboxylic acids is 1. The van der Waals surface area contributed by atoms with Gasteiger partial charge in [0.2, 0.25) is 0 Å². The summed E-state index contributed by atoms with van der Waals surface area (Å²) in [5.41, 5.74) is 2.33. The Balaban J connectivity index is 1.71. The summed E-state index contributed by atoms with van der Waals surface area (Å²) < 4.78 is 3.71. The van der Waals surface area contributed by atoms with Crippen LogP contribution in [0.25, 0.3) is 0 Å². The van der Waals surface area contributed by atoms with Gasteiger partial charge in [0.1, 0.15) is 0 Å². The molecule has 106 valence electrons. The van der Waals surface area contributed by atoms with Gasteiger partial charge in [-0.15, -0.1) is 0 Å². The summed E-state index contributed by atoms with van der Waals surface area (Å²) in [5, 5.41) is 8.78. The number of rotatable bonds is 4. The standard InChI is InChI=1S/C15H20N4O/c1-11-14(10-18(2)16-11)15(20)9-12-7-8-19(17-12)13-5-3-4-6-13/h7-8,10,13H,3-6,9H2,1-2H3. The molecule has 1 saturated carbocycles. The van der Waals surface area contributed by atoms with Crippen molar-refractivity contribution in [1.82, 2.24) is 19.6 Å². The lowest BCUT2D eigenvalue weighted by Gasteiger charge is -2.08. The Hall–Kier alpha value is -1.91. The molecule has 20 heavy (non-hydrogen) atoms. The average Bonchev–Trinajstić information content (AvgIpc) is 3.09. The Morgan fingerprint density at radius 1 is 1.35 bits per heavy atom. The summed E-state index contributed by atoms with van der Waals surface area (Å²) in [6.45, 7) is 1.87. The van der Waals surface area contributed by atoms with Crippen LogP contribution in [0, 0.1) is 6.92 Å². The zero-order valence-corrected chi connectivity index (χ0v) is 12.0. The van der Waals surface area contributed by atoms with Gasteiger partial charge in [0.05, 0.1) is 29.4 Å². The highest BCUT2D eigenvalue weighted by molar-refractivity contribution is 5.98. The van der Waals surface area contributed by atoms with Crippen molar-refractivity contribution < 1.29 is 4.79 Å². The fraction of sp³-hybridized carbons (Fsp3) is 0.533. The van der Waals surface area contributed by atoms with Gasteiger partial charge < -0.3 is 0 Å². The molecule has 2 heterocycles. The third kappa shape index (κ3) is 2.53. The first kappa shape index (κ1) is 13.1. The van der Waals surface area contributed by atoms with Crippen molar-refractivity contribution in [2.45, 2.75) is 45.1 Å². The van der Waals surface area contributed by atoms with E-state index in [0.29, 0.717) is 18.0 Å². The third-order valence-electron chi connectivity index (χ3n) is 4.02. The monoisotopic (exact) mass is 272 g/mol. The molecule has 2 aromatic heterocycles. The molecule has 0 radical (unpaired) electrons. The number of carbonyl (C=O) groups is 1. The highest BCUT2D eigenvalue weighted by Crippen LogP contribution is 2.28. The lowest BCUT2D eigenvalue weighted by Crippen LogP contribution is -2.08. The molecule has 0 aromatic carbocycles. The summed E-state index contributed by atoms with van der Waals surface area (Å²) in [4.78, 5) is 12.3. The maximum absolute atomic E-state index is 12.3. The first-order valence-electron chi connectivity index (χ1n) is 7.21. The van der Waals surface area contributed by atoms with E-state index in [1.54, 1.807) is 10.9 Å². The molecule has 3 rings (SSSR count). The molecule has 5 nitrogen and oxygen atoms in total. The Labute approximate surface area is 118 Å². The fourth-order valence-corrected chi connectivity index (χ4v) is 2.98. The highest BCUT2D eigenvalue weighted by Gasteiger charge is 2.19. The fourth-order valence-electron chi connectivity index (χ4n) is 2.98. The zero-order chi connectivity index (χ0) is 14.1. The first-order chi connectivity index (χ1) is 9.63. The maximum Gasteiger partial charge on any atom is 0.172 e. The molecule has 1 fully saturated rings. The predicted molar refractivity (Wildman–Crippen MR) is 75.7 cm³/mol. The van der Waals surface area contributed by atoms with Gasteiger partial charge in [-0.2, -0.15) is 10.2 Å². The van der Waals surface area contributed by atoms with Gasteiger partial charge in [-0.05, 0) is 25.8 Å². The van der Waals surface area contributed by atoms with Crippen LogP contribution in [0.2, 0.25) is 0 Å². The van der Waals surface area contributed by atoms with Crippen LogP contribution in [0.15, 0.2) is 18.5 Å². The first-order valence-corrected chi connectivity index (χ1v) is 7.21. The second kappa shape index (κ2) is 5.23. The smallest absolute Gasteiger partial charge is 0.172 e. The van der Waals surface area contributed by atoms with E-state index in [1.807, 2.05) is 30.9 Å². The molecule has 2 aromatic rings. The summed E-state index contributed by atoms with van der Waals surface area (Å²) in [5.74, 6) is 0.0901. The molecule has 0 bridgehead atoms. The molecule has 1 aliphatic carbocycles. The van der Waals surface area contributed by atoms with Crippen LogP contribution < -0.4 is 0 Å². The summed E-state index contributed by atoms with van der Waals surface area (Å²) in [6, 6.07) is 2.49. The molecule has 0 amide bonds. The van der Waals surface area contributed by atoms with Crippen LogP contribution in [0.3, 0.4) is 0 Å². The number of nitrogens with zero attached hydrogens (tertiary/aromatic N) is 4. The second-order valence-electron chi connectivity index (χ2n) is 5.63. The van der Waals surface area contributed by atoms with Gasteiger partial charge in [-0.1, -0.05) is 12.8 Å². The van der Waals surface area contributed by atoms with E-state index in [2.05, 4.69) is 10.2 Å². The summed E-state index contributed by atoms with van der Waals surface area (Å²) >= 11 is 0. The van der Waals surface area contributed by atoms with E-state index < -0.39 is 0 Å². The molecule has 0 aliphatic heterocycles. The highest BCUT2D eigenvalue weighted by atomic mass is 16.1. The Morgan fingerprint density at radius 2 is 2.10 bits per heavy atom. The quantitative estimate of drug-likeness (QED) is 0.803. The molecule has 1 aliphatic rings. The lowest BCUT2D eigenvalue weighted by molar-refractivity contribution is 0.0991. The normalized spacial score (nSPS) is 15.9. The molecule has 5 heteroatoms. The summed E-state index contributed by atoms with van der Waals surface area (Å²) in [6.07, 6.45) is 9.13. The molecule has 0 spiro atoms. The molecular formula is C15H20N4O. The van der Waals surface area contributed by atoms with Crippen molar-refractivity contribution in [2.75, 3.05) is 0 Å². The molecular weight excluding hydrogens is 252 g/mol. The number of aromatic nitrogens is 4. The largest absolute Gasteiger partial charge is 0.294 e. The van der Waals surface area contributed by atoms with Gasteiger partial charge in [-0.25, -0.2) is 0 Å². The number of ketones is 1. The van der Waals surface area contributed by atoms with Crippen molar-refractivity contribution in [1.29, 1.82) is 0 Å². The van der Waals surface area contributed by atoms with E-state index in [1.165, 1.54) is 25.7 Å². The van der Waals surface area contributed by atoms with Gasteiger partial charge >= 0.3 is 0 Å². The minimum Gasteiger partial charge on any atom is -0.294 e. The Kier molecular flexibility index (Phi) is 3.42. The zero-order valence-electron chi connectivity index (χ0n) is 12.0. The topological polar surface area (TPSA) is 52.7 Å². The van der Waals surface area contributed by atoms with E-state index in [0.717, 1.165) is 11.4 Å². The van der Waals surface area contributed by atoms with Gasteiger partial charge in [-0.3, -0.25) is 14.2 Å². The van der Waals surface area contributed by atoms with E-state index in [4.69, 9.17) is 0 Å². The van der Waals surface area contributed by atoms with Gasteiger partial charge in [0.25, 0.3) is 0 Å². The maximum atomic E-state index is 12.3.